The molecule has 6 heteroatoms. The van der Waals surface area contributed by atoms with E-state index in [0.29, 0.717) is 0 Å². The Labute approximate surface area is 138 Å². The molecule has 0 bridgehead atoms. The molecule has 0 radical (unpaired) electrons. The maximum absolute atomic E-state index is 12.0. The fourth-order valence-corrected chi connectivity index (χ4v) is 1.93. The second kappa shape index (κ2) is 8.53. The van der Waals surface area contributed by atoms with Crippen molar-refractivity contribution in [1.29, 1.82) is 0 Å². The van der Waals surface area contributed by atoms with Gasteiger partial charge in [0.25, 0.3) is 0 Å². The van der Waals surface area contributed by atoms with E-state index in [4.69, 9.17) is 4.74 Å². The summed E-state index contributed by atoms with van der Waals surface area (Å²) in [5.74, 6) is -0.146. The fourth-order valence-electron chi connectivity index (χ4n) is 1.93. The van der Waals surface area contributed by atoms with E-state index in [2.05, 4.69) is 10.6 Å². The summed E-state index contributed by atoms with van der Waals surface area (Å²) in [6, 6.07) is 7.68. The number of nitrogens with one attached hydrogen (secondary N) is 2. The van der Waals surface area contributed by atoms with Crippen LogP contribution < -0.4 is 10.6 Å². The van der Waals surface area contributed by atoms with Gasteiger partial charge < -0.3 is 20.3 Å². The standard InChI is InChI=1S/C17H27N3O3/c1-17(2,3)23-16(22)18-11-10-15(21)19-14-9-7-6-8-13(14)12-20(4)5/h6-9H,10-12H2,1-5H3,(H,18,22)(H,19,21). The van der Waals surface area contributed by atoms with E-state index in [1.165, 1.54) is 0 Å². The van der Waals surface area contributed by atoms with Crippen molar-refractivity contribution in [1.82, 2.24) is 10.2 Å². The number of para-hydroxylation sites is 1. The Bertz CT molecular complexity index is 536. The Balaban J connectivity index is 2.44. The van der Waals surface area contributed by atoms with E-state index < -0.39 is 11.7 Å². The van der Waals surface area contributed by atoms with E-state index in [-0.39, 0.29) is 18.9 Å². The van der Waals surface area contributed by atoms with Gasteiger partial charge in [0, 0.05) is 25.2 Å². The number of alkyl carbamates (subject to hydrolysis) is 1. The van der Waals surface area contributed by atoms with Crippen LogP contribution in [0, 0.1) is 0 Å². The van der Waals surface area contributed by atoms with Crippen LogP contribution in [0.2, 0.25) is 0 Å². The highest BCUT2D eigenvalue weighted by atomic mass is 16.6. The molecule has 6 nitrogen and oxygen atoms in total. The van der Waals surface area contributed by atoms with Crippen LogP contribution in [0.1, 0.15) is 32.8 Å². The average Bonchev–Trinajstić information content (AvgIpc) is 2.38. The predicted molar refractivity (Wildman–Crippen MR) is 91.3 cm³/mol. The number of rotatable bonds is 6. The molecule has 2 N–H and O–H groups in total. The van der Waals surface area contributed by atoms with Gasteiger partial charge in [0.1, 0.15) is 5.60 Å². The van der Waals surface area contributed by atoms with Crippen molar-refractivity contribution in [3.63, 3.8) is 0 Å². The molecule has 128 valence electrons. The highest BCUT2D eigenvalue weighted by molar-refractivity contribution is 5.91. The maximum atomic E-state index is 12.0. The molecule has 1 aromatic carbocycles. The number of carbonyl (C=O) groups excluding carboxylic acids is 2. The molecule has 0 aliphatic heterocycles. The van der Waals surface area contributed by atoms with E-state index in [1.54, 1.807) is 20.8 Å². The van der Waals surface area contributed by atoms with Crippen LogP contribution in [0.5, 0.6) is 0 Å². The van der Waals surface area contributed by atoms with Crippen LogP contribution in [-0.2, 0) is 16.1 Å². The fraction of sp³-hybridized carbons (Fsp3) is 0.529. The molecule has 0 saturated carbocycles. The maximum Gasteiger partial charge on any atom is 0.407 e. The lowest BCUT2D eigenvalue weighted by molar-refractivity contribution is -0.116. The lowest BCUT2D eigenvalue weighted by Crippen LogP contribution is -2.34. The SMILES string of the molecule is CN(C)Cc1ccccc1NC(=O)CCNC(=O)OC(C)(C)C. The van der Waals surface area contributed by atoms with Gasteiger partial charge in [-0.05, 0) is 46.5 Å². The van der Waals surface area contributed by atoms with Crippen LogP contribution in [0.3, 0.4) is 0 Å². The first-order valence-electron chi connectivity index (χ1n) is 7.67. The number of hydrogen-bond donors (Lipinski definition) is 2. The largest absolute Gasteiger partial charge is 0.444 e. The second-order valence-corrected chi connectivity index (χ2v) is 6.62. The first-order valence-corrected chi connectivity index (χ1v) is 7.67. The van der Waals surface area contributed by atoms with Gasteiger partial charge in [0.2, 0.25) is 5.91 Å². The van der Waals surface area contributed by atoms with Gasteiger partial charge in [-0.1, -0.05) is 18.2 Å². The summed E-state index contributed by atoms with van der Waals surface area (Å²) in [5, 5.41) is 5.45. The van der Waals surface area contributed by atoms with Gasteiger partial charge in [-0.15, -0.1) is 0 Å². The van der Waals surface area contributed by atoms with Crippen LogP contribution in [0.25, 0.3) is 0 Å². The van der Waals surface area contributed by atoms with Gasteiger partial charge in [-0.2, -0.15) is 0 Å². The summed E-state index contributed by atoms with van der Waals surface area (Å²) in [6.07, 6.45) is -0.325. The summed E-state index contributed by atoms with van der Waals surface area (Å²) >= 11 is 0. The minimum atomic E-state index is -0.544. The molecule has 0 atom stereocenters. The molecule has 0 saturated heterocycles. The van der Waals surface area contributed by atoms with Crippen molar-refractivity contribution in [3.05, 3.63) is 29.8 Å². The molecule has 0 unspecified atom stereocenters. The third-order valence-electron chi connectivity index (χ3n) is 2.80. The second-order valence-electron chi connectivity index (χ2n) is 6.62. The lowest BCUT2D eigenvalue weighted by Gasteiger charge is -2.19. The van der Waals surface area contributed by atoms with Gasteiger partial charge in [0.15, 0.2) is 0 Å². The molecular weight excluding hydrogens is 294 g/mol. The molecule has 0 heterocycles. The van der Waals surface area contributed by atoms with Crippen molar-refractivity contribution < 1.29 is 14.3 Å². The number of hydrogen-bond acceptors (Lipinski definition) is 4. The zero-order chi connectivity index (χ0) is 17.5. The Kier molecular flexibility index (Phi) is 7.03. The Hall–Kier alpha value is -2.08. The molecule has 1 aromatic rings. The molecule has 0 aliphatic carbocycles. The number of anilines is 1. The van der Waals surface area contributed by atoms with Crippen LogP contribution >= 0.6 is 0 Å². The van der Waals surface area contributed by atoms with Crippen LogP contribution in [0.4, 0.5) is 10.5 Å². The highest BCUT2D eigenvalue weighted by Crippen LogP contribution is 2.16. The van der Waals surface area contributed by atoms with Crippen molar-refractivity contribution in [2.75, 3.05) is 26.0 Å². The summed E-state index contributed by atoms with van der Waals surface area (Å²) in [5.41, 5.74) is 1.30. The predicted octanol–water partition coefficient (Wildman–Crippen LogP) is 2.60. The van der Waals surface area contributed by atoms with Crippen LogP contribution in [-0.4, -0.2) is 43.1 Å². The number of amides is 2. The molecular formula is C17H27N3O3. The number of benzene rings is 1. The summed E-state index contributed by atoms with van der Waals surface area (Å²) in [6.45, 7) is 6.35. The summed E-state index contributed by atoms with van der Waals surface area (Å²) in [4.78, 5) is 25.5. The molecule has 1 rings (SSSR count). The zero-order valence-electron chi connectivity index (χ0n) is 14.6. The van der Waals surface area contributed by atoms with Crippen molar-refractivity contribution in [3.8, 4) is 0 Å². The van der Waals surface area contributed by atoms with E-state index in [1.807, 2.05) is 43.3 Å². The molecule has 0 aliphatic rings. The first kappa shape index (κ1) is 19.0. The van der Waals surface area contributed by atoms with Crippen molar-refractivity contribution >= 4 is 17.7 Å². The van der Waals surface area contributed by atoms with Gasteiger partial charge in [-0.25, -0.2) is 4.79 Å². The minimum Gasteiger partial charge on any atom is -0.444 e. The minimum absolute atomic E-state index is 0.146. The number of nitrogens with zero attached hydrogens (tertiary/aromatic N) is 1. The third-order valence-corrected chi connectivity index (χ3v) is 2.80. The Morgan fingerprint density at radius 1 is 1.17 bits per heavy atom. The van der Waals surface area contributed by atoms with Crippen molar-refractivity contribution in [2.45, 2.75) is 39.3 Å². The van der Waals surface area contributed by atoms with Gasteiger partial charge >= 0.3 is 6.09 Å². The monoisotopic (exact) mass is 321 g/mol. The molecule has 0 spiro atoms. The Morgan fingerprint density at radius 2 is 1.83 bits per heavy atom. The number of carbonyl (C=O) groups is 2. The van der Waals surface area contributed by atoms with E-state index in [0.717, 1.165) is 17.8 Å². The molecule has 0 fully saturated rings. The highest BCUT2D eigenvalue weighted by Gasteiger charge is 2.16. The van der Waals surface area contributed by atoms with E-state index >= 15 is 0 Å². The smallest absolute Gasteiger partial charge is 0.407 e. The average molecular weight is 321 g/mol. The third kappa shape index (κ3) is 8.21. The molecule has 23 heavy (non-hydrogen) atoms. The van der Waals surface area contributed by atoms with Crippen molar-refractivity contribution in [2.24, 2.45) is 0 Å². The topological polar surface area (TPSA) is 70.7 Å². The molecule has 0 aromatic heterocycles. The lowest BCUT2D eigenvalue weighted by atomic mass is 10.1. The van der Waals surface area contributed by atoms with Gasteiger partial charge in [-0.3, -0.25) is 4.79 Å². The normalized spacial score (nSPS) is 11.2. The summed E-state index contributed by atoms with van der Waals surface area (Å²) < 4.78 is 5.11. The molecule has 2 amide bonds. The van der Waals surface area contributed by atoms with E-state index in [9.17, 15) is 9.59 Å². The Morgan fingerprint density at radius 3 is 2.43 bits per heavy atom. The first-order chi connectivity index (χ1) is 10.7. The van der Waals surface area contributed by atoms with Crippen LogP contribution in [0.15, 0.2) is 24.3 Å². The van der Waals surface area contributed by atoms with Gasteiger partial charge in [0.05, 0.1) is 0 Å². The summed E-state index contributed by atoms with van der Waals surface area (Å²) in [7, 11) is 3.95. The zero-order valence-corrected chi connectivity index (χ0v) is 14.6. The number of ether oxygens (including phenoxy) is 1. The quantitative estimate of drug-likeness (QED) is 0.845.